The molecule has 0 bridgehead atoms. The average Bonchev–Trinajstić information content (AvgIpc) is 3.26. The summed E-state index contributed by atoms with van der Waals surface area (Å²) < 4.78 is 16.3. The van der Waals surface area contributed by atoms with Crippen LogP contribution >= 0.6 is 0 Å². The highest BCUT2D eigenvalue weighted by molar-refractivity contribution is 5.72. The molecule has 2 aliphatic rings. The van der Waals surface area contributed by atoms with Crippen molar-refractivity contribution in [3.05, 3.63) is 42.0 Å². The predicted molar refractivity (Wildman–Crippen MR) is 114 cm³/mol. The van der Waals surface area contributed by atoms with E-state index in [1.54, 1.807) is 0 Å². The molecule has 2 saturated heterocycles. The number of benzene rings is 1. The SMILES string of the molecule is CCOC(=O)C1CCCN(C2CCN(Cc3nc(COc4ccccc4)no3)CC2)C1. The van der Waals surface area contributed by atoms with Crippen molar-refractivity contribution < 1.29 is 18.8 Å². The lowest BCUT2D eigenvalue weighted by atomic mass is 9.94. The molecule has 0 radical (unpaired) electrons. The fraction of sp³-hybridized carbons (Fsp3) is 0.609. The Balaban J connectivity index is 1.21. The first-order valence-corrected chi connectivity index (χ1v) is 11.3. The Bertz CT molecular complexity index is 820. The molecule has 2 aliphatic heterocycles. The molecule has 3 heterocycles. The topological polar surface area (TPSA) is 80.9 Å². The summed E-state index contributed by atoms with van der Waals surface area (Å²) in [6.07, 6.45) is 4.20. The van der Waals surface area contributed by atoms with Gasteiger partial charge in [-0.25, -0.2) is 0 Å². The molecule has 0 spiro atoms. The normalized spacial score (nSPS) is 21.1. The van der Waals surface area contributed by atoms with Crippen LogP contribution in [-0.4, -0.2) is 64.7 Å². The van der Waals surface area contributed by atoms with Gasteiger partial charge in [0, 0.05) is 25.7 Å². The number of nitrogens with zero attached hydrogens (tertiary/aromatic N) is 4. The van der Waals surface area contributed by atoms with Gasteiger partial charge < -0.3 is 14.0 Å². The highest BCUT2D eigenvalue weighted by atomic mass is 16.5. The number of carbonyl (C=O) groups is 1. The molecule has 0 amide bonds. The Hall–Kier alpha value is -2.45. The van der Waals surface area contributed by atoms with Crippen LogP contribution in [0.25, 0.3) is 0 Å². The van der Waals surface area contributed by atoms with Crippen LogP contribution in [0.5, 0.6) is 5.75 Å². The summed E-state index contributed by atoms with van der Waals surface area (Å²) >= 11 is 0. The fourth-order valence-corrected chi connectivity index (χ4v) is 4.50. The van der Waals surface area contributed by atoms with Gasteiger partial charge in [0.1, 0.15) is 5.75 Å². The second-order valence-corrected chi connectivity index (χ2v) is 8.30. The van der Waals surface area contributed by atoms with E-state index in [9.17, 15) is 4.79 Å². The second-order valence-electron chi connectivity index (χ2n) is 8.30. The van der Waals surface area contributed by atoms with E-state index in [1.165, 1.54) is 0 Å². The minimum Gasteiger partial charge on any atom is -0.485 e. The molecule has 8 nitrogen and oxygen atoms in total. The van der Waals surface area contributed by atoms with Crippen molar-refractivity contribution in [3.63, 3.8) is 0 Å². The van der Waals surface area contributed by atoms with Crippen LogP contribution < -0.4 is 4.74 Å². The standard InChI is InChI=1S/C23H32N4O4/c1-2-29-23(28)18-7-6-12-27(15-18)19-10-13-26(14-11-19)16-22-24-21(25-31-22)17-30-20-8-4-3-5-9-20/h3-5,8-9,18-19H,2,6-7,10-17H2,1H3. The van der Waals surface area contributed by atoms with Crippen molar-refractivity contribution in [2.45, 2.75) is 51.8 Å². The first-order valence-electron chi connectivity index (χ1n) is 11.3. The average molecular weight is 429 g/mol. The van der Waals surface area contributed by atoms with Crippen molar-refractivity contribution in [2.75, 3.05) is 32.8 Å². The Kier molecular flexibility index (Phi) is 7.53. The van der Waals surface area contributed by atoms with E-state index in [1.807, 2.05) is 37.3 Å². The van der Waals surface area contributed by atoms with Crippen LogP contribution in [-0.2, 0) is 22.7 Å². The summed E-state index contributed by atoms with van der Waals surface area (Å²) in [7, 11) is 0. The smallest absolute Gasteiger partial charge is 0.310 e. The monoisotopic (exact) mass is 428 g/mol. The Morgan fingerprint density at radius 2 is 1.97 bits per heavy atom. The van der Waals surface area contributed by atoms with Crippen LogP contribution in [0, 0.1) is 5.92 Å². The molecule has 0 N–H and O–H groups in total. The Morgan fingerprint density at radius 1 is 1.16 bits per heavy atom. The van der Waals surface area contributed by atoms with Crippen LogP contribution in [0.1, 0.15) is 44.3 Å². The molecule has 168 valence electrons. The van der Waals surface area contributed by atoms with Crippen LogP contribution in [0.4, 0.5) is 0 Å². The van der Waals surface area contributed by atoms with E-state index in [-0.39, 0.29) is 11.9 Å². The zero-order valence-electron chi connectivity index (χ0n) is 18.2. The van der Waals surface area contributed by atoms with Crippen LogP contribution in [0.2, 0.25) is 0 Å². The van der Waals surface area contributed by atoms with Gasteiger partial charge >= 0.3 is 5.97 Å². The molecule has 1 aromatic heterocycles. The maximum absolute atomic E-state index is 12.1. The van der Waals surface area contributed by atoms with Gasteiger partial charge in [-0.05, 0) is 51.3 Å². The first kappa shape index (κ1) is 21.8. The lowest BCUT2D eigenvalue weighted by molar-refractivity contribution is -0.150. The quantitative estimate of drug-likeness (QED) is 0.594. The van der Waals surface area contributed by atoms with Crippen molar-refractivity contribution in [1.29, 1.82) is 0 Å². The molecule has 1 atom stereocenters. The fourth-order valence-electron chi connectivity index (χ4n) is 4.50. The summed E-state index contributed by atoms with van der Waals surface area (Å²) in [4.78, 5) is 21.4. The molecule has 2 fully saturated rings. The molecular formula is C23H32N4O4. The molecule has 1 unspecified atom stereocenters. The van der Waals surface area contributed by atoms with E-state index < -0.39 is 0 Å². The number of aromatic nitrogens is 2. The minimum absolute atomic E-state index is 0.0293. The van der Waals surface area contributed by atoms with Gasteiger partial charge in [0.25, 0.3) is 0 Å². The van der Waals surface area contributed by atoms with Gasteiger partial charge in [-0.3, -0.25) is 14.6 Å². The van der Waals surface area contributed by atoms with Crippen molar-refractivity contribution in [2.24, 2.45) is 5.92 Å². The van der Waals surface area contributed by atoms with E-state index in [4.69, 9.17) is 14.0 Å². The molecule has 0 saturated carbocycles. The number of likely N-dealkylation sites (tertiary alicyclic amines) is 2. The van der Waals surface area contributed by atoms with E-state index in [0.29, 0.717) is 37.5 Å². The first-order chi connectivity index (χ1) is 15.2. The van der Waals surface area contributed by atoms with Gasteiger partial charge in [0.15, 0.2) is 6.61 Å². The van der Waals surface area contributed by atoms with E-state index in [2.05, 4.69) is 19.9 Å². The van der Waals surface area contributed by atoms with Crippen molar-refractivity contribution in [3.8, 4) is 5.75 Å². The number of esters is 1. The third-order valence-electron chi connectivity index (χ3n) is 6.13. The number of rotatable bonds is 8. The van der Waals surface area contributed by atoms with Crippen molar-refractivity contribution in [1.82, 2.24) is 19.9 Å². The van der Waals surface area contributed by atoms with Gasteiger partial charge in [-0.2, -0.15) is 4.98 Å². The maximum Gasteiger partial charge on any atom is 0.310 e. The Morgan fingerprint density at radius 3 is 2.74 bits per heavy atom. The highest BCUT2D eigenvalue weighted by Crippen LogP contribution is 2.25. The zero-order chi connectivity index (χ0) is 21.5. The maximum atomic E-state index is 12.1. The number of hydrogen-bond donors (Lipinski definition) is 0. The molecule has 1 aromatic carbocycles. The van der Waals surface area contributed by atoms with Crippen LogP contribution in [0.3, 0.4) is 0 Å². The van der Waals surface area contributed by atoms with Gasteiger partial charge in [0.05, 0.1) is 19.1 Å². The predicted octanol–water partition coefficient (Wildman–Crippen LogP) is 2.89. The molecular weight excluding hydrogens is 396 g/mol. The summed E-state index contributed by atoms with van der Waals surface area (Å²) in [5.74, 6) is 1.98. The number of para-hydroxylation sites is 1. The second kappa shape index (κ2) is 10.7. The molecule has 4 rings (SSSR count). The number of hydrogen-bond acceptors (Lipinski definition) is 8. The molecule has 0 aliphatic carbocycles. The molecule has 8 heteroatoms. The summed E-state index contributed by atoms with van der Waals surface area (Å²) in [6.45, 7) is 7.18. The Labute approximate surface area is 183 Å². The van der Waals surface area contributed by atoms with Crippen molar-refractivity contribution >= 4 is 5.97 Å². The van der Waals surface area contributed by atoms with E-state index in [0.717, 1.165) is 57.6 Å². The van der Waals surface area contributed by atoms with E-state index >= 15 is 0 Å². The highest BCUT2D eigenvalue weighted by Gasteiger charge is 2.32. The largest absolute Gasteiger partial charge is 0.485 e. The lowest BCUT2D eigenvalue weighted by Crippen LogP contribution is -2.49. The minimum atomic E-state index is -0.0342. The summed E-state index contributed by atoms with van der Waals surface area (Å²) in [6, 6.07) is 10.2. The van der Waals surface area contributed by atoms with Gasteiger partial charge in [-0.15, -0.1) is 0 Å². The number of piperidine rings is 2. The summed E-state index contributed by atoms with van der Waals surface area (Å²) in [5.41, 5.74) is 0. The third kappa shape index (κ3) is 6.04. The number of carbonyl (C=O) groups excluding carboxylic acids is 1. The summed E-state index contributed by atoms with van der Waals surface area (Å²) in [5, 5.41) is 4.04. The third-order valence-corrected chi connectivity index (χ3v) is 6.13. The molecule has 31 heavy (non-hydrogen) atoms. The van der Waals surface area contributed by atoms with Crippen LogP contribution in [0.15, 0.2) is 34.9 Å². The zero-order valence-corrected chi connectivity index (χ0v) is 18.2. The number of ether oxygens (including phenoxy) is 2. The lowest BCUT2D eigenvalue weighted by Gasteiger charge is -2.41. The van der Waals surface area contributed by atoms with Gasteiger partial charge in [-0.1, -0.05) is 23.4 Å². The molecule has 2 aromatic rings. The van der Waals surface area contributed by atoms with Gasteiger partial charge in [0.2, 0.25) is 11.7 Å².